The Balaban J connectivity index is 1.98. The molecule has 1 amide bonds. The molecule has 6 heteroatoms. The highest BCUT2D eigenvalue weighted by molar-refractivity contribution is 6.10. The highest BCUT2D eigenvalue weighted by Crippen LogP contribution is 2.21. The van der Waals surface area contributed by atoms with Gasteiger partial charge in [-0.05, 0) is 45.9 Å². The predicted molar refractivity (Wildman–Crippen MR) is 97.0 cm³/mol. The van der Waals surface area contributed by atoms with Crippen molar-refractivity contribution >= 4 is 28.4 Å². The number of nitrogens with zero attached hydrogens (tertiary/aromatic N) is 3. The van der Waals surface area contributed by atoms with Gasteiger partial charge in [-0.25, -0.2) is 9.67 Å². The van der Waals surface area contributed by atoms with E-state index in [2.05, 4.69) is 15.4 Å². The number of hydrogen-bond donors (Lipinski definition) is 1. The number of carbonyl (C=O) groups is 2. The summed E-state index contributed by atoms with van der Waals surface area (Å²) >= 11 is 0. The average Bonchev–Trinajstić information content (AvgIpc) is 2.97. The van der Waals surface area contributed by atoms with Crippen molar-refractivity contribution in [2.24, 2.45) is 0 Å². The molecule has 2 aromatic heterocycles. The van der Waals surface area contributed by atoms with E-state index in [9.17, 15) is 9.59 Å². The number of benzene rings is 1. The summed E-state index contributed by atoms with van der Waals surface area (Å²) in [5.74, 6) is -0.391. The molecular formula is C19H20N4O2. The molecule has 0 aliphatic heterocycles. The molecule has 25 heavy (non-hydrogen) atoms. The van der Waals surface area contributed by atoms with Gasteiger partial charge in [0.15, 0.2) is 11.4 Å². The molecule has 0 bridgehead atoms. The van der Waals surface area contributed by atoms with Crippen molar-refractivity contribution in [3.63, 3.8) is 0 Å². The topological polar surface area (TPSA) is 76.9 Å². The molecule has 0 radical (unpaired) electrons. The molecule has 0 spiro atoms. The molecule has 0 aliphatic rings. The Morgan fingerprint density at radius 2 is 1.88 bits per heavy atom. The average molecular weight is 336 g/mol. The molecule has 0 aliphatic carbocycles. The van der Waals surface area contributed by atoms with E-state index < -0.39 is 0 Å². The number of para-hydroxylation sites is 1. The number of ketones is 1. The Bertz CT molecular complexity index is 973. The second-order valence-electron chi connectivity index (χ2n) is 6.27. The van der Waals surface area contributed by atoms with Gasteiger partial charge in [0.2, 0.25) is 0 Å². The fourth-order valence-corrected chi connectivity index (χ4v) is 2.76. The first kappa shape index (κ1) is 16.8. The lowest BCUT2D eigenvalue weighted by molar-refractivity contribution is 0.101. The Hall–Kier alpha value is -3.02. The zero-order valence-corrected chi connectivity index (χ0v) is 14.7. The van der Waals surface area contributed by atoms with Crippen LogP contribution in [0.1, 0.15) is 53.2 Å². The van der Waals surface area contributed by atoms with Crippen LogP contribution in [-0.4, -0.2) is 26.5 Å². The van der Waals surface area contributed by atoms with Crippen LogP contribution in [-0.2, 0) is 0 Å². The third kappa shape index (κ3) is 3.15. The zero-order chi connectivity index (χ0) is 18.1. The quantitative estimate of drug-likeness (QED) is 0.736. The fourth-order valence-electron chi connectivity index (χ4n) is 2.76. The van der Waals surface area contributed by atoms with Gasteiger partial charge in [0.05, 0.1) is 23.1 Å². The standard InChI is InChI=1S/C19H20N4O2/c1-11(2)23-18-14(10-20-23)9-16(12(3)21-18)19(25)22-17-8-6-5-7-15(17)13(4)24/h5-11H,1-4H3,(H,22,25). The summed E-state index contributed by atoms with van der Waals surface area (Å²) in [5, 5.41) is 7.96. The highest BCUT2D eigenvalue weighted by Gasteiger charge is 2.17. The number of rotatable bonds is 4. The van der Waals surface area contributed by atoms with E-state index in [-0.39, 0.29) is 17.7 Å². The third-order valence-electron chi connectivity index (χ3n) is 4.05. The molecule has 0 fully saturated rings. The molecule has 0 unspecified atom stereocenters. The van der Waals surface area contributed by atoms with Crippen LogP contribution in [0, 0.1) is 6.92 Å². The first-order valence-corrected chi connectivity index (χ1v) is 8.14. The van der Waals surface area contributed by atoms with Gasteiger partial charge < -0.3 is 5.32 Å². The molecular weight excluding hydrogens is 316 g/mol. The van der Waals surface area contributed by atoms with E-state index in [0.29, 0.717) is 22.5 Å². The molecule has 0 saturated carbocycles. The molecule has 3 rings (SSSR count). The molecule has 0 atom stereocenters. The number of hydrogen-bond acceptors (Lipinski definition) is 4. The number of Topliss-reactive ketones (excluding diaryl/α,β-unsaturated/α-hetero) is 1. The number of nitrogens with one attached hydrogen (secondary N) is 1. The maximum absolute atomic E-state index is 12.7. The number of anilines is 1. The molecule has 1 N–H and O–H groups in total. The van der Waals surface area contributed by atoms with Crippen LogP contribution in [0.2, 0.25) is 0 Å². The van der Waals surface area contributed by atoms with Crippen molar-refractivity contribution in [1.29, 1.82) is 0 Å². The van der Waals surface area contributed by atoms with Crippen molar-refractivity contribution < 1.29 is 9.59 Å². The SMILES string of the molecule is CC(=O)c1ccccc1NC(=O)c1cc2cnn(C(C)C)c2nc1C. The second-order valence-corrected chi connectivity index (χ2v) is 6.27. The van der Waals surface area contributed by atoms with E-state index in [1.54, 1.807) is 43.5 Å². The first-order chi connectivity index (χ1) is 11.9. The largest absolute Gasteiger partial charge is 0.321 e. The van der Waals surface area contributed by atoms with Crippen molar-refractivity contribution in [3.05, 3.63) is 53.3 Å². The smallest absolute Gasteiger partial charge is 0.257 e. The minimum absolute atomic E-state index is 0.0978. The summed E-state index contributed by atoms with van der Waals surface area (Å²) in [6, 6.07) is 8.93. The van der Waals surface area contributed by atoms with Gasteiger partial charge in [-0.1, -0.05) is 12.1 Å². The Labute approximate surface area is 145 Å². The summed E-state index contributed by atoms with van der Waals surface area (Å²) in [6.07, 6.45) is 1.71. The van der Waals surface area contributed by atoms with Gasteiger partial charge in [-0.15, -0.1) is 0 Å². The minimum atomic E-state index is -0.294. The molecule has 6 nitrogen and oxygen atoms in total. The van der Waals surface area contributed by atoms with Gasteiger partial charge >= 0.3 is 0 Å². The third-order valence-corrected chi connectivity index (χ3v) is 4.05. The second kappa shape index (κ2) is 6.47. The molecule has 3 aromatic rings. The summed E-state index contributed by atoms with van der Waals surface area (Å²) < 4.78 is 1.83. The Kier molecular flexibility index (Phi) is 4.35. The number of pyridine rings is 1. The molecule has 1 aromatic carbocycles. The van der Waals surface area contributed by atoms with Crippen LogP contribution in [0.4, 0.5) is 5.69 Å². The van der Waals surface area contributed by atoms with E-state index >= 15 is 0 Å². The van der Waals surface area contributed by atoms with Crippen LogP contribution < -0.4 is 5.32 Å². The maximum atomic E-state index is 12.7. The number of aromatic nitrogens is 3. The predicted octanol–water partition coefficient (Wildman–Crippen LogP) is 3.78. The van der Waals surface area contributed by atoms with Crippen molar-refractivity contribution in [1.82, 2.24) is 14.8 Å². The van der Waals surface area contributed by atoms with E-state index in [4.69, 9.17) is 0 Å². The van der Waals surface area contributed by atoms with Gasteiger partial charge in [0, 0.05) is 17.0 Å². The van der Waals surface area contributed by atoms with E-state index in [0.717, 1.165) is 11.0 Å². The molecule has 0 saturated heterocycles. The van der Waals surface area contributed by atoms with E-state index in [1.807, 2.05) is 18.5 Å². The number of amides is 1. The van der Waals surface area contributed by atoms with Crippen molar-refractivity contribution in [2.45, 2.75) is 33.7 Å². The van der Waals surface area contributed by atoms with Crippen molar-refractivity contribution in [3.8, 4) is 0 Å². The normalized spacial score (nSPS) is 11.1. The van der Waals surface area contributed by atoms with Gasteiger partial charge in [-0.3, -0.25) is 9.59 Å². The van der Waals surface area contributed by atoms with Gasteiger partial charge in [0.1, 0.15) is 0 Å². The number of carbonyl (C=O) groups excluding carboxylic acids is 2. The Morgan fingerprint density at radius 3 is 2.56 bits per heavy atom. The first-order valence-electron chi connectivity index (χ1n) is 8.14. The Morgan fingerprint density at radius 1 is 1.16 bits per heavy atom. The summed E-state index contributed by atoms with van der Waals surface area (Å²) in [5.41, 5.74) is 2.82. The van der Waals surface area contributed by atoms with Crippen molar-refractivity contribution in [2.75, 3.05) is 5.32 Å². The van der Waals surface area contributed by atoms with Crippen LogP contribution in [0.25, 0.3) is 11.0 Å². The number of fused-ring (bicyclic) bond motifs is 1. The molecule has 2 heterocycles. The summed E-state index contributed by atoms with van der Waals surface area (Å²) in [7, 11) is 0. The number of aryl methyl sites for hydroxylation is 1. The summed E-state index contributed by atoms with van der Waals surface area (Å²) in [6.45, 7) is 7.33. The lowest BCUT2D eigenvalue weighted by Crippen LogP contribution is -2.16. The maximum Gasteiger partial charge on any atom is 0.257 e. The molecule has 128 valence electrons. The minimum Gasteiger partial charge on any atom is -0.321 e. The van der Waals surface area contributed by atoms with Crippen LogP contribution >= 0.6 is 0 Å². The lowest BCUT2D eigenvalue weighted by Gasteiger charge is -2.11. The lowest BCUT2D eigenvalue weighted by atomic mass is 10.1. The highest BCUT2D eigenvalue weighted by atomic mass is 16.1. The van der Waals surface area contributed by atoms with Gasteiger partial charge in [-0.2, -0.15) is 5.10 Å². The fraction of sp³-hybridized carbons (Fsp3) is 0.263. The van der Waals surface area contributed by atoms with Gasteiger partial charge in [0.25, 0.3) is 5.91 Å². The zero-order valence-electron chi connectivity index (χ0n) is 14.7. The summed E-state index contributed by atoms with van der Waals surface area (Å²) in [4.78, 5) is 29.0. The van der Waals surface area contributed by atoms with Crippen LogP contribution in [0.5, 0.6) is 0 Å². The van der Waals surface area contributed by atoms with Crippen LogP contribution in [0.15, 0.2) is 36.5 Å². The van der Waals surface area contributed by atoms with Crippen LogP contribution in [0.3, 0.4) is 0 Å². The monoisotopic (exact) mass is 336 g/mol. The van der Waals surface area contributed by atoms with E-state index in [1.165, 1.54) is 6.92 Å².